The molecule has 0 fully saturated rings. The molecule has 0 bridgehead atoms. The van der Waals surface area contributed by atoms with Crippen molar-refractivity contribution in [3.05, 3.63) is 0 Å². The molecule has 0 unspecified atom stereocenters. The van der Waals surface area contributed by atoms with Crippen LogP contribution >= 0.6 is 0 Å². The number of amides is 2. The van der Waals surface area contributed by atoms with Gasteiger partial charge in [0.15, 0.2) is 0 Å². The van der Waals surface area contributed by atoms with Crippen molar-refractivity contribution in [1.82, 2.24) is 0 Å². The number of hydrogen-bond acceptors (Lipinski definition) is 2. The maximum atomic E-state index is 8.78. The number of carboxylic acid groups (broad SMARTS) is 2. The first-order chi connectivity index (χ1) is 3.46. The number of hydrogen-bond donors (Lipinski definition) is 4. The van der Waals surface area contributed by atoms with Crippen LogP contribution in [-0.4, -0.2) is 50.9 Å². The fourth-order valence-electron chi connectivity index (χ4n) is 0. The Kier molecular flexibility index (Phi) is 35.9. The predicted octanol–water partition coefficient (Wildman–Crippen LogP) is -1.73. The molecule has 0 aliphatic carbocycles. The van der Waals surface area contributed by atoms with Gasteiger partial charge in [-0.15, -0.1) is 0 Å². The Bertz CT molecular complexity index is 83.4. The molecule has 0 aromatic rings. The molecule has 0 spiro atoms. The zero-order chi connectivity index (χ0) is 7.15. The maximum absolute atomic E-state index is 8.78. The molecule has 8 heteroatoms. The molecule has 10 heavy (non-hydrogen) atoms. The average Bonchev–Trinajstić information content (AvgIpc) is 1.25. The third kappa shape index (κ3) is 530. The quantitative estimate of drug-likeness (QED) is 0.315. The van der Waals surface area contributed by atoms with Crippen molar-refractivity contribution in [3.8, 4) is 0 Å². The molecule has 0 rings (SSSR count). The number of carbonyl (C=O) groups is 2. The van der Waals surface area contributed by atoms with E-state index in [1.54, 1.807) is 0 Å². The Morgan fingerprint density at radius 2 is 1.10 bits per heavy atom. The maximum Gasteiger partial charge on any atom is 2.00 e. The Labute approximate surface area is 75.4 Å². The van der Waals surface area contributed by atoms with E-state index in [1.165, 1.54) is 0 Å². The van der Waals surface area contributed by atoms with Crippen LogP contribution in [0.5, 0.6) is 0 Å². The van der Waals surface area contributed by atoms with Crippen molar-refractivity contribution >= 4 is 35.2 Å². The van der Waals surface area contributed by atoms with Gasteiger partial charge in [-0.05, 0) is 0 Å². The van der Waals surface area contributed by atoms with Crippen LogP contribution in [0.2, 0.25) is 0 Å². The van der Waals surface area contributed by atoms with Crippen LogP contribution in [-0.2, 0) is 0 Å². The molecule has 0 radical (unpaired) electrons. The van der Waals surface area contributed by atoms with Gasteiger partial charge >= 0.3 is 35.2 Å². The minimum Gasteiger partial charge on any atom is -1.00 e. The summed E-state index contributed by atoms with van der Waals surface area (Å²) in [6.45, 7) is 0. The zero-order valence-corrected chi connectivity index (χ0v) is 6.49. The molecule has 0 aliphatic heterocycles. The summed E-state index contributed by atoms with van der Waals surface area (Å²) >= 11 is 0. The van der Waals surface area contributed by atoms with Gasteiger partial charge in [0.25, 0.3) is 0 Å². The number of rotatable bonds is 0. The van der Waals surface area contributed by atoms with E-state index in [2.05, 4.69) is 11.5 Å². The minimum absolute atomic E-state index is 0. The van der Waals surface area contributed by atoms with Gasteiger partial charge in [0.1, 0.15) is 0 Å². The smallest absolute Gasteiger partial charge is 1.00 e. The van der Waals surface area contributed by atoms with Gasteiger partial charge in [0.2, 0.25) is 0 Å². The van der Waals surface area contributed by atoms with Crippen molar-refractivity contribution in [1.29, 1.82) is 0 Å². The van der Waals surface area contributed by atoms with Crippen molar-refractivity contribution in [3.63, 3.8) is 0 Å². The van der Waals surface area contributed by atoms with Crippen LogP contribution in [0.3, 0.4) is 0 Å². The Hall–Kier alpha value is -0.734. The monoisotopic (exact) mass is 166 g/mol. The second kappa shape index (κ2) is 15.7. The van der Waals surface area contributed by atoms with Gasteiger partial charge < -0.3 is 30.0 Å². The van der Waals surface area contributed by atoms with E-state index in [0.717, 1.165) is 0 Å². The summed E-state index contributed by atoms with van der Waals surface area (Å²) < 4.78 is 0. The molecule has 0 atom stereocenters. The van der Waals surface area contributed by atoms with Gasteiger partial charge in [-0.3, -0.25) is 0 Å². The molecular formula is C2H10MgN2O5. The molecule has 0 aromatic heterocycles. The van der Waals surface area contributed by atoms with Crippen molar-refractivity contribution < 1.29 is 28.1 Å². The van der Waals surface area contributed by atoms with E-state index < -0.39 is 12.2 Å². The fraction of sp³-hybridized carbons (Fsp3) is 0. The van der Waals surface area contributed by atoms with E-state index in [0.29, 0.717) is 0 Å². The molecule has 0 saturated heterocycles. The summed E-state index contributed by atoms with van der Waals surface area (Å²) in [5, 5.41) is 14.4. The third-order valence-corrected chi connectivity index (χ3v) is 0. The number of nitrogens with two attached hydrogens (primary N) is 2. The largest absolute Gasteiger partial charge is 2.00 e. The SMILES string of the molecule is NC(=O)O.NC(=O)O.O.[H-].[H-].[Mg+2]. The van der Waals surface area contributed by atoms with Gasteiger partial charge in [0.05, 0.1) is 0 Å². The molecule has 0 aromatic carbocycles. The summed E-state index contributed by atoms with van der Waals surface area (Å²) in [4.78, 5) is 17.6. The Morgan fingerprint density at radius 3 is 1.10 bits per heavy atom. The molecule has 60 valence electrons. The number of primary amides is 2. The van der Waals surface area contributed by atoms with Crippen molar-refractivity contribution in [2.24, 2.45) is 11.5 Å². The summed E-state index contributed by atoms with van der Waals surface area (Å²) in [6, 6.07) is 0. The Morgan fingerprint density at radius 1 is 1.10 bits per heavy atom. The molecule has 0 aliphatic rings. The molecule has 0 saturated carbocycles. The van der Waals surface area contributed by atoms with Crippen LogP contribution in [0.4, 0.5) is 9.59 Å². The second-order valence-electron chi connectivity index (χ2n) is 0.676. The summed E-state index contributed by atoms with van der Waals surface area (Å²) in [7, 11) is 0. The standard InChI is InChI=1S/2CH3NO2.Mg.H2O.2H/c2*2-1(3)4;;;;/h2*2H2,(H,3,4);;1H2;;/q;;+2;;2*-1. The van der Waals surface area contributed by atoms with E-state index in [4.69, 9.17) is 19.8 Å². The second-order valence-corrected chi connectivity index (χ2v) is 0.676. The van der Waals surface area contributed by atoms with Crippen LogP contribution < -0.4 is 11.5 Å². The molecule has 7 nitrogen and oxygen atoms in total. The predicted molar refractivity (Wildman–Crippen MR) is 36.0 cm³/mol. The molecule has 0 heterocycles. The zero-order valence-electron chi connectivity index (χ0n) is 7.07. The van der Waals surface area contributed by atoms with Gasteiger partial charge in [-0.25, -0.2) is 9.59 Å². The van der Waals surface area contributed by atoms with Crippen LogP contribution in [0.25, 0.3) is 0 Å². The van der Waals surface area contributed by atoms with Crippen LogP contribution in [0, 0.1) is 0 Å². The van der Waals surface area contributed by atoms with Crippen LogP contribution in [0.15, 0.2) is 0 Å². The normalized spacial score (nSPS) is 4.80. The first-order valence-electron chi connectivity index (χ1n) is 1.43. The van der Waals surface area contributed by atoms with E-state index in [1.807, 2.05) is 0 Å². The topological polar surface area (TPSA) is 158 Å². The third-order valence-electron chi connectivity index (χ3n) is 0. The first-order valence-corrected chi connectivity index (χ1v) is 1.43. The Balaban J connectivity index is -0.0000000112. The summed E-state index contributed by atoms with van der Waals surface area (Å²) in [5.74, 6) is 0. The average molecular weight is 166 g/mol. The molecule has 2 amide bonds. The minimum atomic E-state index is -1.33. The summed E-state index contributed by atoms with van der Waals surface area (Å²) in [5.41, 5.74) is 8.06. The van der Waals surface area contributed by atoms with Gasteiger partial charge in [-0.2, -0.15) is 0 Å². The van der Waals surface area contributed by atoms with E-state index in [-0.39, 0.29) is 31.4 Å². The molecule has 8 N–H and O–H groups in total. The van der Waals surface area contributed by atoms with Crippen molar-refractivity contribution in [2.45, 2.75) is 0 Å². The fourth-order valence-corrected chi connectivity index (χ4v) is 0. The van der Waals surface area contributed by atoms with Crippen molar-refractivity contribution in [2.75, 3.05) is 0 Å². The summed E-state index contributed by atoms with van der Waals surface area (Å²) in [6.07, 6.45) is -2.67. The van der Waals surface area contributed by atoms with Gasteiger partial charge in [0, 0.05) is 0 Å². The van der Waals surface area contributed by atoms with E-state index in [9.17, 15) is 0 Å². The molecular weight excluding hydrogens is 156 g/mol. The van der Waals surface area contributed by atoms with Crippen LogP contribution in [0.1, 0.15) is 2.85 Å². The first kappa shape index (κ1) is 22.8. The van der Waals surface area contributed by atoms with E-state index >= 15 is 0 Å². The van der Waals surface area contributed by atoms with Gasteiger partial charge in [-0.1, -0.05) is 0 Å².